The number of likely N-dealkylation sites (N-methyl/N-ethyl adjacent to an activating group) is 1. The topological polar surface area (TPSA) is 12.0 Å². The van der Waals surface area contributed by atoms with Crippen molar-refractivity contribution in [2.45, 2.75) is 5.92 Å². The van der Waals surface area contributed by atoms with Crippen LogP contribution in [0.25, 0.3) is 0 Å². The van der Waals surface area contributed by atoms with Gasteiger partial charge in [-0.15, -0.1) is 0 Å². The minimum atomic E-state index is -2.89. The summed E-state index contributed by atoms with van der Waals surface area (Å²) < 4.78 is 27.3. The molecule has 0 aliphatic heterocycles. The van der Waals surface area contributed by atoms with Crippen LogP contribution >= 0.6 is 27.5 Å². The lowest BCUT2D eigenvalue weighted by Crippen LogP contribution is -2.28. The molecule has 0 unspecified atom stereocenters. The molecule has 0 aromatic heterocycles. The molecule has 0 aliphatic carbocycles. The summed E-state index contributed by atoms with van der Waals surface area (Å²) in [5.74, 6) is -2.89. The van der Waals surface area contributed by atoms with Gasteiger partial charge >= 0.3 is 0 Å². The molecule has 1 rings (SSSR count). The molecule has 0 saturated heterocycles. The van der Waals surface area contributed by atoms with Crippen molar-refractivity contribution in [3.8, 4) is 0 Å². The second kappa shape index (κ2) is 4.55. The Hall–Kier alpha value is -0.190. The van der Waals surface area contributed by atoms with Crippen LogP contribution in [0.2, 0.25) is 5.02 Å². The highest BCUT2D eigenvalue weighted by molar-refractivity contribution is 9.10. The summed E-state index contributed by atoms with van der Waals surface area (Å²) in [5.41, 5.74) is -0.0833. The van der Waals surface area contributed by atoms with Gasteiger partial charge in [0.25, 0.3) is 5.92 Å². The zero-order chi connectivity index (χ0) is 10.8. The summed E-state index contributed by atoms with van der Waals surface area (Å²) in [6.45, 7) is -0.398. The summed E-state index contributed by atoms with van der Waals surface area (Å²) in [5, 5.41) is 2.73. The number of halogens is 4. The van der Waals surface area contributed by atoms with Gasteiger partial charge in [-0.05, 0) is 35.1 Å². The van der Waals surface area contributed by atoms with Gasteiger partial charge in [-0.3, -0.25) is 0 Å². The highest BCUT2D eigenvalue weighted by atomic mass is 79.9. The van der Waals surface area contributed by atoms with E-state index in [2.05, 4.69) is 21.2 Å². The van der Waals surface area contributed by atoms with E-state index in [9.17, 15) is 8.78 Å². The molecule has 0 amide bonds. The van der Waals surface area contributed by atoms with E-state index in [1.54, 1.807) is 0 Å². The van der Waals surface area contributed by atoms with Gasteiger partial charge in [-0.1, -0.05) is 17.7 Å². The van der Waals surface area contributed by atoms with Crippen LogP contribution in [-0.2, 0) is 5.92 Å². The van der Waals surface area contributed by atoms with Crippen LogP contribution in [0, 0.1) is 0 Å². The van der Waals surface area contributed by atoms with E-state index in [1.165, 1.54) is 25.2 Å². The van der Waals surface area contributed by atoms with Gasteiger partial charge in [-0.2, -0.15) is 8.78 Å². The first-order chi connectivity index (χ1) is 6.47. The van der Waals surface area contributed by atoms with Crippen LogP contribution in [0.4, 0.5) is 8.78 Å². The molecule has 78 valence electrons. The fourth-order valence-corrected chi connectivity index (χ4v) is 1.47. The number of benzene rings is 1. The van der Waals surface area contributed by atoms with Crippen LogP contribution in [0.1, 0.15) is 5.56 Å². The third kappa shape index (κ3) is 2.65. The Bertz CT molecular complexity index is 331. The number of alkyl halides is 2. The molecule has 0 saturated carbocycles. The molecule has 0 heterocycles. The van der Waals surface area contributed by atoms with E-state index in [1.807, 2.05) is 0 Å². The van der Waals surface area contributed by atoms with Crippen molar-refractivity contribution in [1.82, 2.24) is 5.32 Å². The smallest absolute Gasteiger partial charge is 0.285 e. The second-order valence-electron chi connectivity index (χ2n) is 2.86. The van der Waals surface area contributed by atoms with Gasteiger partial charge in [0, 0.05) is 10.0 Å². The average molecular weight is 285 g/mol. The van der Waals surface area contributed by atoms with Crippen molar-refractivity contribution < 1.29 is 8.78 Å². The Morgan fingerprint density at radius 3 is 2.64 bits per heavy atom. The van der Waals surface area contributed by atoms with Crippen molar-refractivity contribution in [3.05, 3.63) is 33.3 Å². The predicted octanol–water partition coefficient (Wildman–Crippen LogP) is 3.41. The maximum absolute atomic E-state index is 13.3. The zero-order valence-corrected chi connectivity index (χ0v) is 9.79. The van der Waals surface area contributed by atoms with Gasteiger partial charge in [0.1, 0.15) is 0 Å². The summed E-state index contributed by atoms with van der Waals surface area (Å²) >= 11 is 8.86. The fraction of sp³-hybridized carbons (Fsp3) is 0.333. The minimum absolute atomic E-state index is 0.0833. The lowest BCUT2D eigenvalue weighted by atomic mass is 10.1. The number of rotatable bonds is 3. The molecule has 0 aliphatic rings. The van der Waals surface area contributed by atoms with Crippen molar-refractivity contribution in [1.29, 1.82) is 0 Å². The quantitative estimate of drug-likeness (QED) is 0.897. The maximum Gasteiger partial charge on any atom is 0.285 e. The zero-order valence-electron chi connectivity index (χ0n) is 7.45. The standard InChI is InChI=1S/C9H9BrClF2N/c1-14-5-9(12,13)6-2-3-7(10)8(11)4-6/h2-4,14H,5H2,1H3. The lowest BCUT2D eigenvalue weighted by molar-refractivity contribution is -0.00125. The molecule has 0 radical (unpaired) electrons. The van der Waals surface area contributed by atoms with E-state index in [0.717, 1.165) is 0 Å². The number of nitrogens with one attached hydrogen (secondary N) is 1. The van der Waals surface area contributed by atoms with E-state index < -0.39 is 12.5 Å². The first-order valence-corrected chi connectivity index (χ1v) is 5.12. The van der Waals surface area contributed by atoms with Gasteiger partial charge in [0.05, 0.1) is 11.6 Å². The first kappa shape index (κ1) is 11.9. The molecule has 1 N–H and O–H groups in total. The third-order valence-corrected chi connectivity index (χ3v) is 2.97. The molecule has 1 aromatic rings. The molecule has 0 atom stereocenters. The average Bonchev–Trinajstić information content (AvgIpc) is 2.09. The van der Waals surface area contributed by atoms with Crippen molar-refractivity contribution >= 4 is 27.5 Å². The Morgan fingerprint density at radius 2 is 2.14 bits per heavy atom. The molecule has 0 bridgehead atoms. The summed E-state index contributed by atoms with van der Waals surface area (Å²) in [4.78, 5) is 0. The molecule has 14 heavy (non-hydrogen) atoms. The molecular formula is C9H9BrClF2N. The van der Waals surface area contributed by atoms with Crippen molar-refractivity contribution in [2.24, 2.45) is 0 Å². The molecule has 0 spiro atoms. The SMILES string of the molecule is CNCC(F)(F)c1ccc(Br)c(Cl)c1. The van der Waals surface area contributed by atoms with E-state index in [0.29, 0.717) is 9.50 Å². The van der Waals surface area contributed by atoms with Gasteiger partial charge in [-0.25, -0.2) is 0 Å². The third-order valence-electron chi connectivity index (χ3n) is 1.74. The summed E-state index contributed by atoms with van der Waals surface area (Å²) in [6, 6.07) is 4.14. The van der Waals surface area contributed by atoms with Crippen molar-refractivity contribution in [3.63, 3.8) is 0 Å². The molecule has 1 nitrogen and oxygen atoms in total. The van der Waals surface area contributed by atoms with E-state index in [-0.39, 0.29) is 5.56 Å². The largest absolute Gasteiger partial charge is 0.314 e. The van der Waals surface area contributed by atoms with Crippen LogP contribution < -0.4 is 5.32 Å². The molecule has 0 fully saturated rings. The fourth-order valence-electron chi connectivity index (χ4n) is 1.05. The van der Waals surface area contributed by atoms with Crippen LogP contribution in [0.3, 0.4) is 0 Å². The highest BCUT2D eigenvalue weighted by Gasteiger charge is 2.30. The van der Waals surface area contributed by atoms with Crippen LogP contribution in [0.15, 0.2) is 22.7 Å². The van der Waals surface area contributed by atoms with Crippen LogP contribution in [-0.4, -0.2) is 13.6 Å². The maximum atomic E-state index is 13.3. The van der Waals surface area contributed by atoms with Gasteiger partial charge in [0.15, 0.2) is 0 Å². The Balaban J connectivity index is 3.01. The Kier molecular flexibility index (Phi) is 3.86. The predicted molar refractivity (Wildman–Crippen MR) is 57.0 cm³/mol. The second-order valence-corrected chi connectivity index (χ2v) is 4.13. The number of hydrogen-bond donors (Lipinski definition) is 1. The first-order valence-electron chi connectivity index (χ1n) is 3.95. The van der Waals surface area contributed by atoms with Gasteiger partial charge < -0.3 is 5.32 Å². The monoisotopic (exact) mass is 283 g/mol. The normalized spacial score (nSPS) is 11.8. The van der Waals surface area contributed by atoms with Gasteiger partial charge in [0.2, 0.25) is 0 Å². The van der Waals surface area contributed by atoms with E-state index in [4.69, 9.17) is 11.6 Å². The van der Waals surface area contributed by atoms with Crippen LogP contribution in [0.5, 0.6) is 0 Å². The molecule has 5 heteroatoms. The number of hydrogen-bond acceptors (Lipinski definition) is 1. The Labute approximate surface area is 94.6 Å². The minimum Gasteiger partial charge on any atom is -0.314 e. The summed E-state index contributed by atoms with van der Waals surface area (Å²) in [6.07, 6.45) is 0. The molecular weight excluding hydrogens is 275 g/mol. The Morgan fingerprint density at radius 1 is 1.50 bits per heavy atom. The lowest BCUT2D eigenvalue weighted by Gasteiger charge is -2.16. The van der Waals surface area contributed by atoms with Crippen molar-refractivity contribution in [2.75, 3.05) is 13.6 Å². The molecule has 1 aromatic carbocycles. The van der Waals surface area contributed by atoms with E-state index >= 15 is 0 Å². The highest BCUT2D eigenvalue weighted by Crippen LogP contribution is 2.32. The summed E-state index contributed by atoms with van der Waals surface area (Å²) in [7, 11) is 1.48.